The molecular weight excluding hydrogens is 243 g/mol. The first kappa shape index (κ1) is 11.6. The van der Waals surface area contributed by atoms with Crippen LogP contribution in [0.25, 0.3) is 22.2 Å². The molecule has 0 aliphatic heterocycles. The zero-order chi connectivity index (χ0) is 13.4. The van der Waals surface area contributed by atoms with Crippen molar-refractivity contribution in [1.82, 2.24) is 15.2 Å². The fourth-order valence-electron chi connectivity index (χ4n) is 2.20. The molecule has 0 amide bonds. The van der Waals surface area contributed by atoms with Crippen LogP contribution < -0.4 is 5.73 Å². The summed E-state index contributed by atoms with van der Waals surface area (Å²) in [6, 6.07) is 7.28. The molecule has 3 N–H and O–H groups in total. The average Bonchev–Trinajstić information content (AvgIpc) is 2.79. The molecule has 0 unspecified atom stereocenters. The molecule has 2 aromatic heterocycles. The summed E-state index contributed by atoms with van der Waals surface area (Å²) in [4.78, 5) is 2.90. The molecule has 4 nitrogen and oxygen atoms in total. The van der Waals surface area contributed by atoms with Gasteiger partial charge in [0.05, 0.1) is 5.69 Å². The molecule has 2 heterocycles. The third kappa shape index (κ3) is 1.93. The van der Waals surface area contributed by atoms with Crippen LogP contribution in [0, 0.1) is 5.82 Å². The first-order chi connectivity index (χ1) is 9.19. The van der Waals surface area contributed by atoms with E-state index in [-0.39, 0.29) is 5.82 Å². The van der Waals surface area contributed by atoms with E-state index >= 15 is 0 Å². The number of anilines is 1. The van der Waals surface area contributed by atoms with Gasteiger partial charge in [-0.25, -0.2) is 4.39 Å². The van der Waals surface area contributed by atoms with Gasteiger partial charge in [0.2, 0.25) is 0 Å². The molecule has 0 atom stereocenters. The van der Waals surface area contributed by atoms with Crippen molar-refractivity contribution < 1.29 is 4.39 Å². The Morgan fingerprint density at radius 3 is 2.89 bits per heavy atom. The smallest absolute Gasteiger partial charge is 0.148 e. The molecule has 0 fully saturated rings. The van der Waals surface area contributed by atoms with Crippen molar-refractivity contribution in [2.24, 2.45) is 0 Å². The molecule has 0 saturated carbocycles. The lowest BCUT2D eigenvalue weighted by molar-refractivity contribution is 0.639. The maximum Gasteiger partial charge on any atom is 0.148 e. The number of aryl methyl sites for hydroxylation is 1. The van der Waals surface area contributed by atoms with E-state index in [0.29, 0.717) is 11.2 Å². The minimum atomic E-state index is -0.249. The normalized spacial score (nSPS) is 11.1. The predicted molar refractivity (Wildman–Crippen MR) is 73.1 cm³/mol. The number of nitrogen functional groups attached to an aromatic ring is 1. The van der Waals surface area contributed by atoms with E-state index in [1.807, 2.05) is 25.1 Å². The number of aromatic nitrogens is 3. The molecule has 3 aromatic rings. The molecule has 0 spiro atoms. The van der Waals surface area contributed by atoms with Gasteiger partial charge in [-0.3, -0.25) is 0 Å². The molecule has 96 valence electrons. The summed E-state index contributed by atoms with van der Waals surface area (Å²) in [6.07, 6.45) is 2.16. The summed E-state index contributed by atoms with van der Waals surface area (Å²) in [5.41, 5.74) is 9.11. The van der Waals surface area contributed by atoms with Gasteiger partial charge in [-0.1, -0.05) is 13.0 Å². The third-order valence-electron chi connectivity index (χ3n) is 3.18. The first-order valence-electron chi connectivity index (χ1n) is 6.08. The van der Waals surface area contributed by atoms with Crippen LogP contribution in [0.15, 0.2) is 30.5 Å². The lowest BCUT2D eigenvalue weighted by Crippen LogP contribution is -1.99. The summed E-state index contributed by atoms with van der Waals surface area (Å²) in [7, 11) is 0. The third-order valence-corrected chi connectivity index (χ3v) is 3.18. The number of benzene rings is 1. The van der Waals surface area contributed by atoms with Crippen LogP contribution in [-0.4, -0.2) is 15.2 Å². The van der Waals surface area contributed by atoms with Gasteiger partial charge < -0.3 is 10.7 Å². The molecule has 0 aliphatic carbocycles. The number of nitrogens with two attached hydrogens (primary N) is 1. The summed E-state index contributed by atoms with van der Waals surface area (Å²) < 4.78 is 13.4. The summed E-state index contributed by atoms with van der Waals surface area (Å²) in [5, 5.41) is 8.62. The number of hydrogen-bond acceptors (Lipinski definition) is 3. The Bertz CT molecular complexity index is 748. The van der Waals surface area contributed by atoms with Crippen molar-refractivity contribution in [2.45, 2.75) is 13.3 Å². The number of hydrogen-bond donors (Lipinski definition) is 2. The number of halogens is 1. The molecule has 5 heteroatoms. The lowest BCUT2D eigenvalue weighted by atomic mass is 10.0. The average molecular weight is 256 g/mol. The Labute approximate surface area is 109 Å². The molecular formula is C14H13FN4. The van der Waals surface area contributed by atoms with Crippen LogP contribution in [-0.2, 0) is 6.42 Å². The van der Waals surface area contributed by atoms with Crippen molar-refractivity contribution in [3.05, 3.63) is 41.8 Å². The van der Waals surface area contributed by atoms with Crippen molar-refractivity contribution in [2.75, 3.05) is 5.73 Å². The number of nitrogens with zero attached hydrogens (tertiary/aromatic N) is 2. The topological polar surface area (TPSA) is 67.6 Å². The monoisotopic (exact) mass is 256 g/mol. The summed E-state index contributed by atoms with van der Waals surface area (Å²) >= 11 is 0. The largest absolute Gasteiger partial charge is 0.382 e. The van der Waals surface area contributed by atoms with Gasteiger partial charge in [-0.15, -0.1) is 10.2 Å². The lowest BCUT2D eigenvalue weighted by Gasteiger charge is -2.07. The summed E-state index contributed by atoms with van der Waals surface area (Å²) in [6.45, 7) is 2.03. The van der Waals surface area contributed by atoms with Gasteiger partial charge in [0, 0.05) is 22.7 Å². The van der Waals surface area contributed by atoms with Gasteiger partial charge in [0.25, 0.3) is 0 Å². The van der Waals surface area contributed by atoms with Gasteiger partial charge >= 0.3 is 0 Å². The summed E-state index contributed by atoms with van der Waals surface area (Å²) in [5.74, 6) is 0.160. The van der Waals surface area contributed by atoms with Crippen LogP contribution in [0.2, 0.25) is 0 Å². The number of fused-ring (bicyclic) bond motifs is 1. The standard InChI is InChI=1S/C14H13FN4/c1-2-8-6-13(16)18-19-14(8)9-3-4-10-11(15)7-17-12(10)5-9/h3-7,17H,2H2,1H3,(H2,16,18). The van der Waals surface area contributed by atoms with Crippen molar-refractivity contribution in [1.29, 1.82) is 0 Å². The fraction of sp³-hybridized carbons (Fsp3) is 0.143. The number of rotatable bonds is 2. The maximum atomic E-state index is 13.4. The van der Waals surface area contributed by atoms with Crippen molar-refractivity contribution in [3.63, 3.8) is 0 Å². The van der Waals surface area contributed by atoms with E-state index in [4.69, 9.17) is 5.73 Å². The molecule has 1 aromatic carbocycles. The van der Waals surface area contributed by atoms with E-state index < -0.39 is 0 Å². The zero-order valence-corrected chi connectivity index (χ0v) is 10.4. The van der Waals surface area contributed by atoms with Crippen LogP contribution in [0.5, 0.6) is 0 Å². The quantitative estimate of drug-likeness (QED) is 0.740. The van der Waals surface area contributed by atoms with Crippen LogP contribution >= 0.6 is 0 Å². The molecule has 3 rings (SSSR count). The Morgan fingerprint density at radius 2 is 2.11 bits per heavy atom. The predicted octanol–water partition coefficient (Wildman–Crippen LogP) is 2.91. The van der Waals surface area contributed by atoms with Crippen LogP contribution in [0.3, 0.4) is 0 Å². The highest BCUT2D eigenvalue weighted by atomic mass is 19.1. The van der Waals surface area contributed by atoms with Crippen LogP contribution in [0.4, 0.5) is 10.2 Å². The molecule has 0 radical (unpaired) electrons. The van der Waals surface area contributed by atoms with E-state index in [1.165, 1.54) is 6.20 Å². The Morgan fingerprint density at radius 1 is 1.26 bits per heavy atom. The highest BCUT2D eigenvalue weighted by Gasteiger charge is 2.10. The van der Waals surface area contributed by atoms with Crippen molar-refractivity contribution in [3.8, 4) is 11.3 Å². The Hall–Kier alpha value is -2.43. The number of aromatic amines is 1. The fourth-order valence-corrected chi connectivity index (χ4v) is 2.20. The van der Waals surface area contributed by atoms with Crippen molar-refractivity contribution >= 4 is 16.7 Å². The minimum Gasteiger partial charge on any atom is -0.382 e. The number of H-pyrrole nitrogens is 1. The second kappa shape index (κ2) is 4.35. The van der Waals surface area contributed by atoms with E-state index in [2.05, 4.69) is 15.2 Å². The number of nitrogens with one attached hydrogen (secondary N) is 1. The van der Waals surface area contributed by atoms with E-state index in [9.17, 15) is 4.39 Å². The zero-order valence-electron chi connectivity index (χ0n) is 10.4. The highest BCUT2D eigenvalue weighted by molar-refractivity contribution is 5.85. The maximum absolute atomic E-state index is 13.4. The van der Waals surface area contributed by atoms with Gasteiger partial charge in [-0.05, 0) is 30.2 Å². The van der Waals surface area contributed by atoms with Gasteiger partial charge in [0.15, 0.2) is 0 Å². The molecule has 19 heavy (non-hydrogen) atoms. The second-order valence-electron chi connectivity index (χ2n) is 4.39. The minimum absolute atomic E-state index is 0.249. The molecule has 0 aliphatic rings. The second-order valence-corrected chi connectivity index (χ2v) is 4.39. The SMILES string of the molecule is CCc1cc(N)nnc1-c1ccc2c(F)c[nH]c2c1. The molecule has 0 saturated heterocycles. The Balaban J connectivity index is 2.18. The van der Waals surface area contributed by atoms with E-state index in [1.54, 1.807) is 6.07 Å². The van der Waals surface area contributed by atoms with E-state index in [0.717, 1.165) is 28.8 Å². The van der Waals surface area contributed by atoms with Crippen LogP contribution in [0.1, 0.15) is 12.5 Å². The molecule has 0 bridgehead atoms. The van der Waals surface area contributed by atoms with Gasteiger partial charge in [-0.2, -0.15) is 0 Å². The highest BCUT2D eigenvalue weighted by Crippen LogP contribution is 2.26. The van der Waals surface area contributed by atoms with Gasteiger partial charge in [0.1, 0.15) is 11.6 Å². The Kier molecular flexibility index (Phi) is 2.67. The first-order valence-corrected chi connectivity index (χ1v) is 6.08.